The second kappa shape index (κ2) is 8.73. The van der Waals surface area contributed by atoms with E-state index >= 15 is 0 Å². The van der Waals surface area contributed by atoms with Crippen molar-refractivity contribution in [3.8, 4) is 0 Å². The van der Waals surface area contributed by atoms with E-state index in [1.807, 2.05) is 6.58 Å². The van der Waals surface area contributed by atoms with Gasteiger partial charge < -0.3 is 14.2 Å². The molecule has 182 valence electrons. The highest BCUT2D eigenvalue weighted by Crippen LogP contribution is 2.40. The molecule has 1 N–H and O–H groups in total. The second-order valence-corrected chi connectivity index (χ2v) is 6.62. The summed E-state index contributed by atoms with van der Waals surface area (Å²) >= 11 is 0. The molecule has 0 bridgehead atoms. The van der Waals surface area contributed by atoms with Gasteiger partial charge in [-0.1, -0.05) is 6.58 Å². The van der Waals surface area contributed by atoms with Crippen molar-refractivity contribution in [2.75, 3.05) is 13.2 Å². The van der Waals surface area contributed by atoms with Crippen molar-refractivity contribution in [2.24, 2.45) is 0 Å². The summed E-state index contributed by atoms with van der Waals surface area (Å²) in [6.45, 7) is -4.21. The highest BCUT2D eigenvalue weighted by Gasteiger charge is 2.70. The van der Waals surface area contributed by atoms with Gasteiger partial charge in [-0.25, -0.2) is 9.59 Å². The maximum absolute atomic E-state index is 13.3. The highest BCUT2D eigenvalue weighted by atomic mass is 32.2. The Morgan fingerprint density at radius 1 is 0.871 bits per heavy atom. The molecular formula is C11H7F11O8S. The SMILES string of the molecule is C=C(C(=O)OC(OCC(F)(F)S(=O)(=O)O)(C(=O)OCC(F)(F)F)C(F)(F)F)C(F)(F)F. The van der Waals surface area contributed by atoms with E-state index in [4.69, 9.17) is 4.55 Å². The molecule has 0 aromatic carbocycles. The molecule has 0 fully saturated rings. The van der Waals surface area contributed by atoms with Crippen LogP contribution in [0, 0.1) is 0 Å². The average molecular weight is 508 g/mol. The van der Waals surface area contributed by atoms with E-state index in [0.717, 1.165) is 0 Å². The monoisotopic (exact) mass is 508 g/mol. The average Bonchev–Trinajstić information content (AvgIpc) is 2.51. The number of carbonyl (C=O) groups is 2. The van der Waals surface area contributed by atoms with Crippen molar-refractivity contribution >= 4 is 22.1 Å². The Kier molecular flexibility index (Phi) is 8.10. The molecule has 1 unspecified atom stereocenters. The molecule has 0 aromatic heterocycles. The summed E-state index contributed by atoms with van der Waals surface area (Å²) in [5.41, 5.74) is -2.81. The molecule has 0 heterocycles. The van der Waals surface area contributed by atoms with Gasteiger partial charge in [0.25, 0.3) is 0 Å². The van der Waals surface area contributed by atoms with Crippen molar-refractivity contribution in [2.45, 2.75) is 29.6 Å². The van der Waals surface area contributed by atoms with Crippen LogP contribution in [-0.4, -0.2) is 67.7 Å². The van der Waals surface area contributed by atoms with E-state index in [-0.39, 0.29) is 0 Å². The number of carbonyl (C=O) groups excluding carboxylic acids is 2. The van der Waals surface area contributed by atoms with Crippen LogP contribution in [0.15, 0.2) is 12.2 Å². The maximum atomic E-state index is 13.3. The van der Waals surface area contributed by atoms with E-state index in [9.17, 15) is 66.3 Å². The molecule has 20 heteroatoms. The molecule has 31 heavy (non-hydrogen) atoms. The number of hydrogen-bond donors (Lipinski definition) is 1. The van der Waals surface area contributed by atoms with E-state index < -0.39 is 70.4 Å². The normalized spacial score (nSPS) is 15.7. The zero-order valence-electron chi connectivity index (χ0n) is 14.0. The molecule has 0 aromatic rings. The van der Waals surface area contributed by atoms with Crippen LogP contribution in [-0.2, 0) is 33.9 Å². The predicted molar refractivity (Wildman–Crippen MR) is 69.5 cm³/mol. The van der Waals surface area contributed by atoms with Gasteiger partial charge in [0.1, 0.15) is 12.2 Å². The van der Waals surface area contributed by atoms with E-state index in [0.29, 0.717) is 0 Å². The Bertz CT molecular complexity index is 811. The van der Waals surface area contributed by atoms with Gasteiger partial charge in [0, 0.05) is 0 Å². The predicted octanol–water partition coefficient (Wildman–Crippen LogP) is 2.51. The lowest BCUT2D eigenvalue weighted by atomic mass is 10.2. The van der Waals surface area contributed by atoms with Gasteiger partial charge in [0.2, 0.25) is 0 Å². The van der Waals surface area contributed by atoms with Crippen molar-refractivity contribution in [1.29, 1.82) is 0 Å². The van der Waals surface area contributed by atoms with Crippen LogP contribution in [0.25, 0.3) is 0 Å². The molecule has 0 aliphatic carbocycles. The molecule has 0 radical (unpaired) electrons. The van der Waals surface area contributed by atoms with Crippen LogP contribution in [0.3, 0.4) is 0 Å². The number of hydrogen-bond acceptors (Lipinski definition) is 7. The summed E-state index contributed by atoms with van der Waals surface area (Å²) < 4.78 is 178. The number of esters is 2. The van der Waals surface area contributed by atoms with Crippen LogP contribution in [0.4, 0.5) is 48.3 Å². The van der Waals surface area contributed by atoms with Gasteiger partial charge in [-0.2, -0.15) is 56.7 Å². The highest BCUT2D eigenvalue weighted by molar-refractivity contribution is 7.86. The van der Waals surface area contributed by atoms with Crippen LogP contribution >= 0.6 is 0 Å². The summed E-state index contributed by atoms with van der Waals surface area (Å²) in [5, 5.41) is -5.72. The Hall–Kier alpha value is -2.22. The Morgan fingerprint density at radius 3 is 1.65 bits per heavy atom. The van der Waals surface area contributed by atoms with Gasteiger partial charge in [-0.05, 0) is 0 Å². The van der Waals surface area contributed by atoms with Crippen molar-refractivity contribution in [3.05, 3.63) is 12.2 Å². The first-order valence-corrected chi connectivity index (χ1v) is 8.10. The largest absolute Gasteiger partial charge is 0.468 e. The van der Waals surface area contributed by atoms with Gasteiger partial charge in [0.05, 0.1) is 0 Å². The summed E-state index contributed by atoms with van der Waals surface area (Å²) in [6.07, 6.45) is -18.2. The van der Waals surface area contributed by atoms with Gasteiger partial charge in [-0.15, -0.1) is 0 Å². The fraction of sp³-hybridized carbons (Fsp3) is 0.636. The summed E-state index contributed by atoms with van der Waals surface area (Å²) in [7, 11) is -6.60. The standard InChI is InChI=1S/C11H7F11O8S/c1-4(10(17,18)19)5(23)30-9(11(20,21)22,6(24)28-2-7(12,13)14)29-3-8(15,16)31(25,26)27/h1-3H2,(H,25,26,27). The van der Waals surface area contributed by atoms with Crippen molar-refractivity contribution < 1.29 is 85.1 Å². The fourth-order valence-electron chi connectivity index (χ4n) is 1.20. The minimum absolute atomic E-state index is 1.95. The summed E-state index contributed by atoms with van der Waals surface area (Å²) in [5.74, 6) is -12.5. The van der Waals surface area contributed by atoms with Gasteiger partial charge >= 0.3 is 51.6 Å². The molecule has 0 amide bonds. The van der Waals surface area contributed by atoms with Gasteiger partial charge in [-0.3, -0.25) is 4.55 Å². The number of rotatable bonds is 8. The zero-order chi connectivity index (χ0) is 25.3. The molecule has 0 saturated carbocycles. The van der Waals surface area contributed by atoms with Crippen LogP contribution in [0.5, 0.6) is 0 Å². The van der Waals surface area contributed by atoms with Gasteiger partial charge in [0.15, 0.2) is 6.61 Å². The fourth-order valence-corrected chi connectivity index (χ4v) is 1.40. The molecule has 8 nitrogen and oxygen atoms in total. The van der Waals surface area contributed by atoms with E-state index in [1.54, 1.807) is 0 Å². The zero-order valence-corrected chi connectivity index (χ0v) is 14.8. The first-order valence-electron chi connectivity index (χ1n) is 6.66. The molecule has 0 aliphatic rings. The molecule has 0 spiro atoms. The first-order chi connectivity index (χ1) is 13.4. The molecule has 0 rings (SSSR count). The Morgan fingerprint density at radius 2 is 1.32 bits per heavy atom. The number of ether oxygens (including phenoxy) is 3. The van der Waals surface area contributed by atoms with Crippen LogP contribution < -0.4 is 0 Å². The Balaban J connectivity index is 6.39. The lowest BCUT2D eigenvalue weighted by Crippen LogP contribution is -2.60. The molecule has 0 saturated heterocycles. The third-order valence-corrected chi connectivity index (χ3v) is 3.53. The molecule has 1 atom stereocenters. The second-order valence-electron chi connectivity index (χ2n) is 5.07. The van der Waals surface area contributed by atoms with Crippen LogP contribution in [0.1, 0.15) is 0 Å². The van der Waals surface area contributed by atoms with Crippen molar-refractivity contribution in [3.63, 3.8) is 0 Å². The Labute approximate surface area is 163 Å². The topological polar surface area (TPSA) is 116 Å². The lowest BCUT2D eigenvalue weighted by Gasteiger charge is -2.33. The molecular weight excluding hydrogens is 501 g/mol. The minimum atomic E-state index is -6.73. The first kappa shape index (κ1) is 28.8. The maximum Gasteiger partial charge on any atom is 0.468 e. The smallest absolute Gasteiger partial charge is 0.451 e. The summed E-state index contributed by atoms with van der Waals surface area (Å²) in [6, 6.07) is 0. The summed E-state index contributed by atoms with van der Waals surface area (Å²) in [4.78, 5) is 22.8. The quantitative estimate of drug-likeness (QED) is 0.175. The number of halogens is 11. The minimum Gasteiger partial charge on any atom is -0.451 e. The third-order valence-electron chi connectivity index (χ3n) is 2.65. The van der Waals surface area contributed by atoms with Crippen molar-refractivity contribution in [1.82, 2.24) is 0 Å². The number of alkyl halides is 11. The molecule has 0 aliphatic heterocycles. The lowest BCUT2D eigenvalue weighted by molar-refractivity contribution is -0.362. The van der Waals surface area contributed by atoms with E-state index in [1.165, 1.54) is 0 Å². The van der Waals surface area contributed by atoms with E-state index in [2.05, 4.69) is 14.2 Å². The van der Waals surface area contributed by atoms with Crippen LogP contribution in [0.2, 0.25) is 0 Å². The third kappa shape index (κ3) is 7.45.